The van der Waals surface area contributed by atoms with Crippen molar-refractivity contribution in [3.63, 3.8) is 0 Å². The van der Waals surface area contributed by atoms with E-state index in [0.29, 0.717) is 25.4 Å². The number of carbonyl (C=O) groups is 1. The molecule has 2 aromatic rings. The molecule has 0 radical (unpaired) electrons. The van der Waals surface area contributed by atoms with E-state index >= 15 is 0 Å². The van der Waals surface area contributed by atoms with Crippen molar-refractivity contribution in [2.24, 2.45) is 0 Å². The standard InChI is InChI=1S/C19H21N3O3/c23-18(17-13-20-8-9-21-17)22-10-6-19(7-11-22)12-16(14-24-19)25-15-4-2-1-3-5-15/h1-5,8-9,13,16H,6-7,10-12,14H2/t16-/m0/s1. The van der Waals surface area contributed by atoms with Crippen LogP contribution in [0.5, 0.6) is 5.75 Å². The topological polar surface area (TPSA) is 64.6 Å². The molecule has 2 aliphatic heterocycles. The third-order valence-corrected chi connectivity index (χ3v) is 4.97. The highest BCUT2D eigenvalue weighted by Crippen LogP contribution is 2.37. The molecule has 4 rings (SSSR count). The first-order chi connectivity index (χ1) is 12.2. The zero-order valence-corrected chi connectivity index (χ0v) is 14.0. The zero-order chi connectivity index (χ0) is 17.1. The van der Waals surface area contributed by atoms with E-state index in [1.807, 2.05) is 35.2 Å². The van der Waals surface area contributed by atoms with E-state index in [0.717, 1.165) is 25.0 Å². The molecule has 6 nitrogen and oxygen atoms in total. The molecular weight excluding hydrogens is 318 g/mol. The first kappa shape index (κ1) is 16.0. The van der Waals surface area contributed by atoms with Gasteiger partial charge in [-0.3, -0.25) is 9.78 Å². The van der Waals surface area contributed by atoms with E-state index in [1.54, 1.807) is 12.4 Å². The number of para-hydroxylation sites is 1. The van der Waals surface area contributed by atoms with Crippen LogP contribution in [0.2, 0.25) is 0 Å². The van der Waals surface area contributed by atoms with Gasteiger partial charge < -0.3 is 14.4 Å². The Labute approximate surface area is 146 Å². The fourth-order valence-electron chi connectivity index (χ4n) is 3.61. The number of likely N-dealkylation sites (tertiary alicyclic amines) is 1. The van der Waals surface area contributed by atoms with E-state index in [2.05, 4.69) is 9.97 Å². The first-order valence-electron chi connectivity index (χ1n) is 8.65. The van der Waals surface area contributed by atoms with Crippen molar-refractivity contribution < 1.29 is 14.3 Å². The monoisotopic (exact) mass is 339 g/mol. The molecule has 3 heterocycles. The van der Waals surface area contributed by atoms with Crippen molar-refractivity contribution in [1.82, 2.24) is 14.9 Å². The molecular formula is C19H21N3O3. The maximum Gasteiger partial charge on any atom is 0.274 e. The van der Waals surface area contributed by atoms with E-state index in [9.17, 15) is 4.79 Å². The van der Waals surface area contributed by atoms with Gasteiger partial charge in [0.2, 0.25) is 0 Å². The number of hydrogen-bond acceptors (Lipinski definition) is 5. The van der Waals surface area contributed by atoms with Crippen LogP contribution in [0.3, 0.4) is 0 Å². The van der Waals surface area contributed by atoms with Crippen molar-refractivity contribution in [1.29, 1.82) is 0 Å². The lowest BCUT2D eigenvalue weighted by atomic mass is 9.88. The predicted molar refractivity (Wildman–Crippen MR) is 91.3 cm³/mol. The Hall–Kier alpha value is -2.47. The van der Waals surface area contributed by atoms with Crippen LogP contribution in [0.1, 0.15) is 29.8 Å². The fraction of sp³-hybridized carbons (Fsp3) is 0.421. The maximum absolute atomic E-state index is 12.5. The van der Waals surface area contributed by atoms with Gasteiger partial charge in [-0.25, -0.2) is 4.98 Å². The minimum absolute atomic E-state index is 0.0574. The summed E-state index contributed by atoms with van der Waals surface area (Å²) in [4.78, 5) is 22.4. The normalized spacial score (nSPS) is 22.1. The van der Waals surface area contributed by atoms with Crippen molar-refractivity contribution in [2.75, 3.05) is 19.7 Å². The highest BCUT2D eigenvalue weighted by Gasteiger charge is 2.44. The molecule has 1 aromatic carbocycles. The van der Waals surface area contributed by atoms with E-state index in [1.165, 1.54) is 6.20 Å². The number of piperidine rings is 1. The van der Waals surface area contributed by atoms with Gasteiger partial charge >= 0.3 is 0 Å². The highest BCUT2D eigenvalue weighted by atomic mass is 16.6. The molecule has 0 aliphatic carbocycles. The van der Waals surface area contributed by atoms with Crippen molar-refractivity contribution in [3.05, 3.63) is 54.6 Å². The number of hydrogen-bond donors (Lipinski definition) is 0. The van der Waals surface area contributed by atoms with Crippen LogP contribution in [-0.4, -0.2) is 52.2 Å². The van der Waals surface area contributed by atoms with Crippen LogP contribution in [0.25, 0.3) is 0 Å². The molecule has 1 spiro atoms. The Balaban J connectivity index is 1.33. The van der Waals surface area contributed by atoms with Crippen molar-refractivity contribution in [2.45, 2.75) is 31.0 Å². The zero-order valence-electron chi connectivity index (χ0n) is 14.0. The highest BCUT2D eigenvalue weighted by molar-refractivity contribution is 5.92. The fourth-order valence-corrected chi connectivity index (χ4v) is 3.61. The largest absolute Gasteiger partial charge is 0.488 e. The number of rotatable bonds is 3. The lowest BCUT2D eigenvalue weighted by Crippen LogP contribution is -2.46. The summed E-state index contributed by atoms with van der Waals surface area (Å²) in [5.41, 5.74) is 0.231. The van der Waals surface area contributed by atoms with Gasteiger partial charge in [-0.2, -0.15) is 0 Å². The Bertz CT molecular complexity index is 715. The lowest BCUT2D eigenvalue weighted by Gasteiger charge is -2.38. The summed E-state index contributed by atoms with van der Waals surface area (Å²) in [6.45, 7) is 1.95. The van der Waals surface area contributed by atoms with Crippen molar-refractivity contribution in [3.8, 4) is 5.75 Å². The van der Waals surface area contributed by atoms with Crippen molar-refractivity contribution >= 4 is 5.91 Å². The molecule has 0 bridgehead atoms. The summed E-state index contributed by atoms with van der Waals surface area (Å²) in [6, 6.07) is 9.85. The van der Waals surface area contributed by atoms with Crippen LogP contribution in [0, 0.1) is 0 Å². The molecule has 130 valence electrons. The van der Waals surface area contributed by atoms with E-state index in [4.69, 9.17) is 9.47 Å². The number of benzene rings is 1. The Morgan fingerprint density at radius 1 is 1.20 bits per heavy atom. The minimum atomic E-state index is -0.168. The first-order valence-corrected chi connectivity index (χ1v) is 8.65. The molecule has 2 aliphatic rings. The van der Waals surface area contributed by atoms with Crippen LogP contribution in [-0.2, 0) is 4.74 Å². The summed E-state index contributed by atoms with van der Waals surface area (Å²) < 4.78 is 12.1. The quantitative estimate of drug-likeness (QED) is 0.859. The number of amides is 1. The van der Waals surface area contributed by atoms with Gasteiger partial charge in [-0.15, -0.1) is 0 Å². The molecule has 0 unspecified atom stereocenters. The van der Waals surface area contributed by atoms with Crippen LogP contribution in [0.15, 0.2) is 48.9 Å². The second-order valence-corrected chi connectivity index (χ2v) is 6.63. The second kappa shape index (κ2) is 6.80. The molecule has 6 heteroatoms. The molecule has 1 aromatic heterocycles. The van der Waals surface area contributed by atoms with Gasteiger partial charge in [0.1, 0.15) is 17.5 Å². The van der Waals surface area contributed by atoms with Crippen LogP contribution in [0.4, 0.5) is 0 Å². The minimum Gasteiger partial charge on any atom is -0.488 e. The second-order valence-electron chi connectivity index (χ2n) is 6.63. The number of nitrogens with zero attached hydrogens (tertiary/aromatic N) is 3. The Morgan fingerprint density at radius 2 is 2.00 bits per heavy atom. The summed E-state index contributed by atoms with van der Waals surface area (Å²) in [5, 5.41) is 0. The Kier molecular flexibility index (Phi) is 4.36. The third-order valence-electron chi connectivity index (χ3n) is 4.97. The summed E-state index contributed by atoms with van der Waals surface area (Å²) in [6.07, 6.45) is 7.23. The van der Waals surface area contributed by atoms with Crippen LogP contribution < -0.4 is 4.74 Å². The summed E-state index contributed by atoms with van der Waals surface area (Å²) >= 11 is 0. The summed E-state index contributed by atoms with van der Waals surface area (Å²) in [5.74, 6) is 0.821. The molecule has 25 heavy (non-hydrogen) atoms. The van der Waals surface area contributed by atoms with Gasteiger partial charge in [0.05, 0.1) is 18.4 Å². The average molecular weight is 339 g/mol. The van der Waals surface area contributed by atoms with Gasteiger partial charge in [-0.1, -0.05) is 18.2 Å². The van der Waals surface area contributed by atoms with Gasteiger partial charge in [-0.05, 0) is 25.0 Å². The summed E-state index contributed by atoms with van der Waals surface area (Å²) in [7, 11) is 0. The SMILES string of the molecule is O=C(c1cnccn1)N1CCC2(CC1)C[C@H](Oc1ccccc1)CO2. The van der Waals surface area contributed by atoms with Gasteiger partial charge in [0.25, 0.3) is 5.91 Å². The molecule has 2 fully saturated rings. The van der Waals surface area contributed by atoms with E-state index < -0.39 is 0 Å². The number of aromatic nitrogens is 2. The molecule has 1 amide bonds. The predicted octanol–water partition coefficient (Wildman–Crippen LogP) is 2.32. The number of ether oxygens (including phenoxy) is 2. The Morgan fingerprint density at radius 3 is 2.72 bits per heavy atom. The average Bonchev–Trinajstić information content (AvgIpc) is 3.05. The van der Waals surface area contributed by atoms with Gasteiger partial charge in [0.15, 0.2) is 0 Å². The molecule has 2 saturated heterocycles. The smallest absolute Gasteiger partial charge is 0.274 e. The lowest BCUT2D eigenvalue weighted by molar-refractivity contribution is -0.0396. The van der Waals surface area contributed by atoms with Gasteiger partial charge in [0, 0.05) is 31.9 Å². The molecule has 0 N–H and O–H groups in total. The maximum atomic E-state index is 12.5. The number of carbonyl (C=O) groups excluding carboxylic acids is 1. The molecule has 0 saturated carbocycles. The van der Waals surface area contributed by atoms with E-state index in [-0.39, 0.29) is 17.6 Å². The van der Waals surface area contributed by atoms with Crippen LogP contribution >= 0.6 is 0 Å². The third kappa shape index (κ3) is 3.49. The molecule has 1 atom stereocenters.